The molecule has 0 spiro atoms. The molecule has 3 rings (SSSR count). The van der Waals surface area contributed by atoms with E-state index in [1.807, 2.05) is 30.3 Å². The molecule has 0 saturated heterocycles. The van der Waals surface area contributed by atoms with Crippen LogP contribution in [0, 0.1) is 0 Å². The molecular weight excluding hydrogens is 318 g/mol. The molecule has 3 aromatic rings. The van der Waals surface area contributed by atoms with Crippen molar-refractivity contribution in [3.8, 4) is 5.88 Å². The van der Waals surface area contributed by atoms with Gasteiger partial charge in [-0.2, -0.15) is 0 Å². The standard InChI is InChI=1S/C20H15NO4/c22-18(15-5-2-1-3-6-15)16-10-8-14(9-11-16)13-17-7-4-12-21-19(17)25-20(23)24/h1-12H,13H2,(H,23,24). The van der Waals surface area contributed by atoms with Crippen LogP contribution in [0.3, 0.4) is 0 Å². The van der Waals surface area contributed by atoms with Crippen molar-refractivity contribution in [3.05, 3.63) is 95.2 Å². The molecule has 0 fully saturated rings. The summed E-state index contributed by atoms with van der Waals surface area (Å²) in [5.41, 5.74) is 2.82. The fraction of sp³-hybridized carbons (Fsp3) is 0.0500. The van der Waals surface area contributed by atoms with Crippen molar-refractivity contribution in [1.82, 2.24) is 4.98 Å². The van der Waals surface area contributed by atoms with E-state index in [1.54, 1.807) is 36.4 Å². The van der Waals surface area contributed by atoms with Crippen LogP contribution in [0.4, 0.5) is 4.79 Å². The first kappa shape index (κ1) is 16.4. The number of rotatable bonds is 5. The van der Waals surface area contributed by atoms with E-state index in [2.05, 4.69) is 9.72 Å². The lowest BCUT2D eigenvalue weighted by molar-refractivity contribution is 0.103. The summed E-state index contributed by atoms with van der Waals surface area (Å²) < 4.78 is 4.69. The van der Waals surface area contributed by atoms with Crippen LogP contribution in [0.15, 0.2) is 72.9 Å². The van der Waals surface area contributed by atoms with Crippen molar-refractivity contribution >= 4 is 11.9 Å². The average molecular weight is 333 g/mol. The highest BCUT2D eigenvalue weighted by atomic mass is 16.7. The normalized spacial score (nSPS) is 10.2. The van der Waals surface area contributed by atoms with E-state index in [4.69, 9.17) is 5.11 Å². The second-order valence-electron chi connectivity index (χ2n) is 5.40. The van der Waals surface area contributed by atoms with Gasteiger partial charge in [-0.25, -0.2) is 9.78 Å². The third-order valence-corrected chi connectivity index (χ3v) is 3.68. The third-order valence-electron chi connectivity index (χ3n) is 3.68. The summed E-state index contributed by atoms with van der Waals surface area (Å²) in [6, 6.07) is 19.8. The van der Waals surface area contributed by atoms with Crippen LogP contribution < -0.4 is 4.74 Å². The van der Waals surface area contributed by atoms with Crippen molar-refractivity contribution in [1.29, 1.82) is 0 Å². The summed E-state index contributed by atoms with van der Waals surface area (Å²) in [7, 11) is 0. The summed E-state index contributed by atoms with van der Waals surface area (Å²) in [6.45, 7) is 0. The van der Waals surface area contributed by atoms with Gasteiger partial charge in [0.05, 0.1) is 0 Å². The Morgan fingerprint density at radius 1 is 0.880 bits per heavy atom. The largest absolute Gasteiger partial charge is 0.512 e. The maximum absolute atomic E-state index is 12.4. The van der Waals surface area contributed by atoms with Gasteiger partial charge in [0.2, 0.25) is 5.88 Å². The average Bonchev–Trinajstić information content (AvgIpc) is 2.64. The minimum Gasteiger partial charge on any atom is -0.449 e. The van der Waals surface area contributed by atoms with Crippen LogP contribution in [-0.2, 0) is 6.42 Å². The predicted octanol–water partition coefficient (Wildman–Crippen LogP) is 3.96. The SMILES string of the molecule is O=C(O)Oc1ncccc1Cc1ccc(C(=O)c2ccccc2)cc1. The van der Waals surface area contributed by atoms with Gasteiger partial charge in [-0.05, 0) is 11.6 Å². The first-order valence-corrected chi connectivity index (χ1v) is 7.67. The number of hydrogen-bond donors (Lipinski definition) is 1. The Morgan fingerprint density at radius 3 is 2.24 bits per heavy atom. The zero-order valence-electron chi connectivity index (χ0n) is 13.3. The number of aromatic nitrogens is 1. The lowest BCUT2D eigenvalue weighted by atomic mass is 10.00. The van der Waals surface area contributed by atoms with Gasteiger partial charge in [0.15, 0.2) is 5.78 Å². The van der Waals surface area contributed by atoms with Crippen LogP contribution >= 0.6 is 0 Å². The van der Waals surface area contributed by atoms with E-state index in [9.17, 15) is 9.59 Å². The van der Waals surface area contributed by atoms with Crippen molar-refractivity contribution in [2.75, 3.05) is 0 Å². The van der Waals surface area contributed by atoms with Crippen molar-refractivity contribution < 1.29 is 19.4 Å². The fourth-order valence-corrected chi connectivity index (χ4v) is 2.48. The quantitative estimate of drug-likeness (QED) is 0.565. The molecule has 0 saturated carbocycles. The molecule has 0 radical (unpaired) electrons. The highest BCUT2D eigenvalue weighted by molar-refractivity contribution is 6.08. The maximum atomic E-state index is 12.4. The summed E-state index contributed by atoms with van der Waals surface area (Å²) in [6.07, 6.45) is 0.531. The summed E-state index contributed by atoms with van der Waals surface area (Å²) in [5, 5.41) is 8.76. The Balaban J connectivity index is 1.78. The first-order chi connectivity index (χ1) is 12.1. The number of ketones is 1. The smallest absolute Gasteiger partial charge is 0.449 e. The van der Waals surface area contributed by atoms with E-state index in [0.717, 1.165) is 5.56 Å². The highest BCUT2D eigenvalue weighted by Crippen LogP contribution is 2.20. The zero-order chi connectivity index (χ0) is 17.6. The molecule has 1 aromatic heterocycles. The number of carbonyl (C=O) groups excluding carboxylic acids is 1. The van der Waals surface area contributed by atoms with Gasteiger partial charge in [0.25, 0.3) is 0 Å². The van der Waals surface area contributed by atoms with E-state index in [0.29, 0.717) is 23.1 Å². The molecule has 5 nitrogen and oxygen atoms in total. The highest BCUT2D eigenvalue weighted by Gasteiger charge is 2.11. The Morgan fingerprint density at radius 2 is 1.56 bits per heavy atom. The van der Waals surface area contributed by atoms with Crippen LogP contribution in [0.5, 0.6) is 5.88 Å². The molecular formula is C20H15NO4. The molecule has 124 valence electrons. The van der Waals surface area contributed by atoms with Crippen molar-refractivity contribution in [3.63, 3.8) is 0 Å². The van der Waals surface area contributed by atoms with Crippen LogP contribution in [-0.4, -0.2) is 22.0 Å². The van der Waals surface area contributed by atoms with Crippen LogP contribution in [0.25, 0.3) is 0 Å². The Kier molecular flexibility index (Phi) is 4.85. The number of carbonyl (C=O) groups is 2. The second-order valence-corrected chi connectivity index (χ2v) is 5.40. The number of hydrogen-bond acceptors (Lipinski definition) is 4. The van der Waals surface area contributed by atoms with E-state index >= 15 is 0 Å². The van der Waals surface area contributed by atoms with E-state index in [-0.39, 0.29) is 11.7 Å². The number of benzene rings is 2. The van der Waals surface area contributed by atoms with Gasteiger partial charge in [-0.15, -0.1) is 0 Å². The number of carboxylic acid groups (broad SMARTS) is 1. The molecule has 1 N–H and O–H groups in total. The minimum atomic E-state index is -1.40. The molecule has 25 heavy (non-hydrogen) atoms. The number of ether oxygens (including phenoxy) is 1. The lowest BCUT2D eigenvalue weighted by Crippen LogP contribution is -2.07. The first-order valence-electron chi connectivity index (χ1n) is 7.67. The molecule has 0 aliphatic heterocycles. The molecule has 2 aromatic carbocycles. The monoisotopic (exact) mass is 333 g/mol. The lowest BCUT2D eigenvalue weighted by Gasteiger charge is -2.07. The molecule has 0 amide bonds. The summed E-state index contributed by atoms with van der Waals surface area (Å²) >= 11 is 0. The summed E-state index contributed by atoms with van der Waals surface area (Å²) in [5.74, 6) is 0.0304. The summed E-state index contributed by atoms with van der Waals surface area (Å²) in [4.78, 5) is 27.1. The Bertz CT molecular complexity index is 889. The number of nitrogens with zero attached hydrogens (tertiary/aromatic N) is 1. The number of pyridine rings is 1. The van der Waals surface area contributed by atoms with Gasteiger partial charge in [0.1, 0.15) is 0 Å². The van der Waals surface area contributed by atoms with E-state index in [1.165, 1.54) is 6.20 Å². The van der Waals surface area contributed by atoms with Gasteiger partial charge in [0, 0.05) is 29.3 Å². The molecule has 0 atom stereocenters. The van der Waals surface area contributed by atoms with Gasteiger partial charge < -0.3 is 9.84 Å². The topological polar surface area (TPSA) is 76.5 Å². The van der Waals surface area contributed by atoms with Crippen molar-refractivity contribution in [2.45, 2.75) is 6.42 Å². The van der Waals surface area contributed by atoms with E-state index < -0.39 is 6.16 Å². The van der Waals surface area contributed by atoms with Gasteiger partial charge in [-0.3, -0.25) is 4.79 Å². The maximum Gasteiger partial charge on any atom is 0.512 e. The molecule has 0 aliphatic carbocycles. The van der Waals surface area contributed by atoms with Gasteiger partial charge >= 0.3 is 6.16 Å². The minimum absolute atomic E-state index is 0.0385. The third kappa shape index (κ3) is 4.09. The molecule has 0 bridgehead atoms. The Hall–Kier alpha value is -3.47. The fourth-order valence-electron chi connectivity index (χ4n) is 2.48. The molecule has 5 heteroatoms. The zero-order valence-corrected chi connectivity index (χ0v) is 13.3. The molecule has 1 heterocycles. The molecule has 0 aliphatic rings. The van der Waals surface area contributed by atoms with Gasteiger partial charge in [-0.1, -0.05) is 60.7 Å². The van der Waals surface area contributed by atoms with Crippen molar-refractivity contribution in [2.24, 2.45) is 0 Å². The van der Waals surface area contributed by atoms with Crippen LogP contribution in [0.2, 0.25) is 0 Å². The van der Waals surface area contributed by atoms with Crippen LogP contribution in [0.1, 0.15) is 27.0 Å². The second kappa shape index (κ2) is 7.40. The molecule has 0 unspecified atom stereocenters. The predicted molar refractivity (Wildman–Crippen MR) is 92.0 cm³/mol. The Labute approximate surface area is 144 Å².